The molecule has 0 atom stereocenters. The van der Waals surface area contributed by atoms with Crippen molar-refractivity contribution < 1.29 is 9.21 Å². The number of hydrogen-bond donors (Lipinski definition) is 1. The normalized spacial score (nSPS) is 10.5. The van der Waals surface area contributed by atoms with E-state index < -0.39 is 0 Å². The summed E-state index contributed by atoms with van der Waals surface area (Å²) < 4.78 is 6.17. The van der Waals surface area contributed by atoms with Crippen LogP contribution in [0.5, 0.6) is 0 Å². The van der Waals surface area contributed by atoms with Crippen molar-refractivity contribution in [3.05, 3.63) is 51.4 Å². The molecule has 0 aliphatic heterocycles. The lowest BCUT2D eigenvalue weighted by atomic mass is 10.1. The second-order valence-corrected chi connectivity index (χ2v) is 5.36. The fourth-order valence-electron chi connectivity index (χ4n) is 2.07. The van der Waals surface area contributed by atoms with Gasteiger partial charge in [0.15, 0.2) is 0 Å². The van der Waals surface area contributed by atoms with Gasteiger partial charge in [0.25, 0.3) is 5.91 Å². The van der Waals surface area contributed by atoms with E-state index >= 15 is 0 Å². The number of anilines is 1. The van der Waals surface area contributed by atoms with Crippen molar-refractivity contribution >= 4 is 27.5 Å². The lowest BCUT2D eigenvalue weighted by molar-refractivity contribution is 0.102. The molecule has 2 aromatic rings. The highest BCUT2D eigenvalue weighted by Gasteiger charge is 2.15. The zero-order valence-electron chi connectivity index (χ0n) is 11.2. The van der Waals surface area contributed by atoms with E-state index in [4.69, 9.17) is 4.42 Å². The molecular formula is C15H16BrNO2. The molecule has 0 bridgehead atoms. The highest BCUT2D eigenvalue weighted by molar-refractivity contribution is 9.10. The van der Waals surface area contributed by atoms with Gasteiger partial charge in [-0.3, -0.25) is 4.79 Å². The molecule has 1 N–H and O–H groups in total. The second-order valence-electron chi connectivity index (χ2n) is 4.50. The maximum Gasteiger partial charge on any atom is 0.259 e. The van der Waals surface area contributed by atoms with Gasteiger partial charge < -0.3 is 9.73 Å². The predicted molar refractivity (Wildman–Crippen MR) is 79.7 cm³/mol. The zero-order valence-corrected chi connectivity index (χ0v) is 12.8. The van der Waals surface area contributed by atoms with Crippen LogP contribution in [0.4, 0.5) is 5.69 Å². The van der Waals surface area contributed by atoms with Crippen LogP contribution in [0.2, 0.25) is 0 Å². The summed E-state index contributed by atoms with van der Waals surface area (Å²) in [5.74, 6) is 0.566. The van der Waals surface area contributed by atoms with E-state index in [-0.39, 0.29) is 5.91 Å². The van der Waals surface area contributed by atoms with Gasteiger partial charge >= 0.3 is 0 Å². The van der Waals surface area contributed by atoms with Crippen molar-refractivity contribution in [1.29, 1.82) is 0 Å². The lowest BCUT2D eigenvalue weighted by Gasteiger charge is -2.11. The Morgan fingerprint density at radius 2 is 2.11 bits per heavy atom. The second kappa shape index (κ2) is 5.61. The van der Waals surface area contributed by atoms with E-state index in [1.807, 2.05) is 32.9 Å². The first kappa shape index (κ1) is 13.9. The summed E-state index contributed by atoms with van der Waals surface area (Å²) in [7, 11) is 0. The van der Waals surface area contributed by atoms with Crippen molar-refractivity contribution in [3.8, 4) is 0 Å². The van der Waals surface area contributed by atoms with Crippen LogP contribution < -0.4 is 5.32 Å². The largest absolute Gasteiger partial charge is 0.469 e. The average Bonchev–Trinajstić information content (AvgIpc) is 2.81. The topological polar surface area (TPSA) is 42.2 Å². The number of carbonyl (C=O) groups excluding carboxylic acids is 1. The van der Waals surface area contributed by atoms with Crippen LogP contribution in [0.25, 0.3) is 0 Å². The third-order valence-electron chi connectivity index (χ3n) is 2.98. The third kappa shape index (κ3) is 2.89. The van der Waals surface area contributed by atoms with Gasteiger partial charge in [-0.1, -0.05) is 13.0 Å². The number of hydrogen-bond acceptors (Lipinski definition) is 2. The fourth-order valence-corrected chi connectivity index (χ4v) is 2.84. The molecule has 1 amide bonds. The Morgan fingerprint density at radius 3 is 2.74 bits per heavy atom. The van der Waals surface area contributed by atoms with Crippen molar-refractivity contribution in [2.24, 2.45) is 0 Å². The molecule has 0 saturated carbocycles. The van der Waals surface area contributed by atoms with Crippen molar-refractivity contribution in [2.75, 3.05) is 5.32 Å². The lowest BCUT2D eigenvalue weighted by Crippen LogP contribution is -2.14. The number of furan rings is 1. The Labute approximate surface area is 121 Å². The van der Waals surface area contributed by atoms with Crippen molar-refractivity contribution in [1.82, 2.24) is 0 Å². The van der Waals surface area contributed by atoms with E-state index in [9.17, 15) is 4.79 Å². The summed E-state index contributed by atoms with van der Waals surface area (Å²) in [5, 5.41) is 2.94. The summed E-state index contributed by atoms with van der Waals surface area (Å²) in [4.78, 5) is 12.3. The maximum absolute atomic E-state index is 12.3. The molecule has 0 radical (unpaired) electrons. The first-order valence-electron chi connectivity index (χ1n) is 6.17. The number of halogens is 1. The summed E-state index contributed by atoms with van der Waals surface area (Å²) in [6.07, 6.45) is 2.24. The molecule has 0 aliphatic rings. The molecule has 4 heteroatoms. The zero-order chi connectivity index (χ0) is 14.0. The number of carbonyl (C=O) groups is 1. The van der Waals surface area contributed by atoms with Gasteiger partial charge in [0.2, 0.25) is 0 Å². The van der Waals surface area contributed by atoms with Crippen LogP contribution in [0.15, 0.2) is 33.4 Å². The summed E-state index contributed by atoms with van der Waals surface area (Å²) >= 11 is 3.49. The van der Waals surface area contributed by atoms with Crippen molar-refractivity contribution in [2.45, 2.75) is 27.2 Å². The van der Waals surface area contributed by atoms with Crippen molar-refractivity contribution in [3.63, 3.8) is 0 Å². The van der Waals surface area contributed by atoms with Gasteiger partial charge in [-0.15, -0.1) is 0 Å². The van der Waals surface area contributed by atoms with Gasteiger partial charge in [-0.05, 0) is 53.0 Å². The Hall–Kier alpha value is -1.55. The number of aryl methyl sites for hydroxylation is 3. The summed E-state index contributed by atoms with van der Waals surface area (Å²) in [6.45, 7) is 5.96. The average molecular weight is 322 g/mol. The molecule has 0 saturated heterocycles. The Balaban J connectivity index is 2.29. The molecule has 1 aromatic carbocycles. The minimum Gasteiger partial charge on any atom is -0.469 e. The Morgan fingerprint density at radius 1 is 1.37 bits per heavy atom. The molecule has 3 nitrogen and oxygen atoms in total. The molecule has 0 fully saturated rings. The molecular weight excluding hydrogens is 306 g/mol. The molecule has 1 aromatic heterocycles. The highest BCUT2D eigenvalue weighted by Crippen LogP contribution is 2.28. The Bertz CT molecular complexity index is 593. The SMILES string of the molecule is CCc1occc1C(=O)Nc1c(C)cc(C)cc1Br. The van der Waals surface area contributed by atoms with Gasteiger partial charge in [0.05, 0.1) is 17.5 Å². The molecule has 0 unspecified atom stereocenters. The van der Waals surface area contributed by atoms with Crippen LogP contribution in [-0.2, 0) is 6.42 Å². The van der Waals surface area contributed by atoms with Crippen LogP contribution in [0.3, 0.4) is 0 Å². The number of benzene rings is 1. The Kier molecular flexibility index (Phi) is 4.10. The number of amides is 1. The quantitative estimate of drug-likeness (QED) is 0.906. The van der Waals surface area contributed by atoms with E-state index in [0.29, 0.717) is 17.7 Å². The van der Waals surface area contributed by atoms with Gasteiger partial charge in [0, 0.05) is 10.9 Å². The number of rotatable bonds is 3. The first-order valence-corrected chi connectivity index (χ1v) is 6.96. The highest BCUT2D eigenvalue weighted by atomic mass is 79.9. The van der Waals surface area contributed by atoms with Gasteiger partial charge in [-0.25, -0.2) is 0 Å². The predicted octanol–water partition coefficient (Wildman–Crippen LogP) is 4.47. The van der Waals surface area contributed by atoms with E-state index in [0.717, 1.165) is 21.3 Å². The van der Waals surface area contributed by atoms with Crippen LogP contribution in [0.1, 0.15) is 34.2 Å². The van der Waals surface area contributed by atoms with Crippen LogP contribution in [-0.4, -0.2) is 5.91 Å². The molecule has 19 heavy (non-hydrogen) atoms. The van der Waals surface area contributed by atoms with E-state index in [2.05, 4.69) is 21.2 Å². The minimum absolute atomic E-state index is 0.141. The standard InChI is InChI=1S/C15H16BrNO2/c1-4-13-11(5-6-19-13)15(18)17-14-10(3)7-9(2)8-12(14)16/h5-8H,4H2,1-3H3,(H,17,18). The summed E-state index contributed by atoms with van der Waals surface area (Å²) in [5.41, 5.74) is 3.58. The summed E-state index contributed by atoms with van der Waals surface area (Å²) in [6, 6.07) is 5.72. The van der Waals surface area contributed by atoms with Gasteiger partial charge in [-0.2, -0.15) is 0 Å². The maximum atomic E-state index is 12.3. The molecule has 2 rings (SSSR count). The monoisotopic (exact) mass is 321 g/mol. The van der Waals surface area contributed by atoms with E-state index in [1.54, 1.807) is 12.3 Å². The van der Waals surface area contributed by atoms with E-state index in [1.165, 1.54) is 0 Å². The molecule has 0 aliphatic carbocycles. The van der Waals surface area contributed by atoms with Crippen LogP contribution >= 0.6 is 15.9 Å². The first-order chi connectivity index (χ1) is 9.02. The third-order valence-corrected chi connectivity index (χ3v) is 3.61. The van der Waals surface area contributed by atoms with Crippen LogP contribution in [0, 0.1) is 13.8 Å². The number of nitrogens with one attached hydrogen (secondary N) is 1. The van der Waals surface area contributed by atoms with Gasteiger partial charge in [0.1, 0.15) is 5.76 Å². The molecule has 100 valence electrons. The molecule has 0 spiro atoms. The molecule has 1 heterocycles. The smallest absolute Gasteiger partial charge is 0.259 e. The fraction of sp³-hybridized carbons (Fsp3) is 0.267. The minimum atomic E-state index is -0.141.